The molecule has 3 aromatic carbocycles. The highest BCUT2D eigenvalue weighted by molar-refractivity contribution is 9.10. The summed E-state index contributed by atoms with van der Waals surface area (Å²) in [6.07, 6.45) is 2.37. The van der Waals surface area contributed by atoms with Gasteiger partial charge in [-0.15, -0.1) is 0 Å². The number of methoxy groups -OCH3 is 1. The molecule has 33 heavy (non-hydrogen) atoms. The number of nitrogens with zero attached hydrogens (tertiary/aromatic N) is 1. The predicted octanol–water partition coefficient (Wildman–Crippen LogP) is 5.02. The molecule has 0 unspecified atom stereocenters. The van der Waals surface area contributed by atoms with E-state index in [2.05, 4.69) is 26.5 Å². The van der Waals surface area contributed by atoms with E-state index in [1.54, 1.807) is 61.7 Å². The van der Waals surface area contributed by atoms with E-state index in [1.807, 2.05) is 32.0 Å². The zero-order valence-electron chi connectivity index (χ0n) is 18.8. The van der Waals surface area contributed by atoms with E-state index in [0.717, 1.165) is 6.42 Å². The van der Waals surface area contributed by atoms with Crippen LogP contribution in [0.15, 0.2) is 82.4 Å². The summed E-state index contributed by atoms with van der Waals surface area (Å²) in [5.41, 5.74) is 2.15. The van der Waals surface area contributed by atoms with E-state index >= 15 is 0 Å². The van der Waals surface area contributed by atoms with Crippen LogP contribution in [-0.2, 0) is 10.4 Å². The van der Waals surface area contributed by atoms with Crippen molar-refractivity contribution < 1.29 is 19.4 Å². The molecule has 0 aromatic heterocycles. The molecule has 0 aliphatic rings. The number of hydrazone groups is 1. The lowest BCUT2D eigenvalue weighted by molar-refractivity contribution is -0.136. The lowest BCUT2D eigenvalue weighted by Crippen LogP contribution is -2.43. The van der Waals surface area contributed by atoms with Gasteiger partial charge < -0.3 is 14.6 Å². The fourth-order valence-corrected chi connectivity index (χ4v) is 3.80. The van der Waals surface area contributed by atoms with E-state index in [4.69, 9.17) is 9.47 Å². The zero-order chi connectivity index (χ0) is 23.8. The van der Waals surface area contributed by atoms with Gasteiger partial charge in [-0.05, 0) is 58.1 Å². The highest BCUT2D eigenvalue weighted by Gasteiger charge is 2.39. The summed E-state index contributed by atoms with van der Waals surface area (Å²) in [6, 6.07) is 21.1. The van der Waals surface area contributed by atoms with Crippen LogP contribution in [0.5, 0.6) is 11.5 Å². The van der Waals surface area contributed by atoms with Crippen LogP contribution in [0, 0.1) is 0 Å². The Balaban J connectivity index is 1.85. The Morgan fingerprint density at radius 2 is 1.70 bits per heavy atom. The maximum Gasteiger partial charge on any atom is 0.281 e. The van der Waals surface area contributed by atoms with Gasteiger partial charge in [0.1, 0.15) is 0 Å². The summed E-state index contributed by atoms with van der Waals surface area (Å²) in [7, 11) is 1.56. The molecule has 0 spiro atoms. The lowest BCUT2D eigenvalue weighted by atomic mass is 9.85. The number of rotatable bonds is 9. The monoisotopic (exact) mass is 510 g/mol. The van der Waals surface area contributed by atoms with Gasteiger partial charge in [-0.1, -0.05) is 67.6 Å². The van der Waals surface area contributed by atoms with Gasteiger partial charge in [0.15, 0.2) is 17.1 Å². The summed E-state index contributed by atoms with van der Waals surface area (Å²) in [5.74, 6) is 0.483. The molecule has 0 radical (unpaired) electrons. The third-order valence-electron chi connectivity index (χ3n) is 5.24. The average molecular weight is 511 g/mol. The highest BCUT2D eigenvalue weighted by atomic mass is 79.9. The van der Waals surface area contributed by atoms with Crippen molar-refractivity contribution in [3.63, 3.8) is 0 Å². The standard InChI is InChI=1S/C26H27BrN2O4/c1-4-18(2)33-24-22(27)15-19(16-23(24)32-3)17-28-29-25(30)26(31,20-11-7-5-8-12-20)21-13-9-6-10-14-21/h5-18,31H,4H2,1-3H3,(H,29,30)/b28-17-/t18-/m0/s1. The van der Waals surface area contributed by atoms with Crippen molar-refractivity contribution in [3.05, 3.63) is 94.0 Å². The number of halogens is 1. The molecule has 1 amide bonds. The van der Waals surface area contributed by atoms with Crippen LogP contribution < -0.4 is 14.9 Å². The largest absolute Gasteiger partial charge is 0.493 e. The second-order valence-electron chi connectivity index (χ2n) is 7.51. The van der Waals surface area contributed by atoms with Gasteiger partial charge >= 0.3 is 0 Å². The number of nitrogens with one attached hydrogen (secondary N) is 1. The summed E-state index contributed by atoms with van der Waals surface area (Å²) in [6.45, 7) is 4.03. The first-order valence-corrected chi connectivity index (χ1v) is 11.4. The molecule has 172 valence electrons. The van der Waals surface area contributed by atoms with Gasteiger partial charge in [0.2, 0.25) is 0 Å². The van der Waals surface area contributed by atoms with Crippen LogP contribution in [0.1, 0.15) is 37.0 Å². The second kappa shape index (κ2) is 11.1. The molecule has 3 aromatic rings. The van der Waals surface area contributed by atoms with E-state index in [1.165, 1.54) is 6.21 Å². The fraction of sp³-hybridized carbons (Fsp3) is 0.231. The molecule has 1 atom stereocenters. The smallest absolute Gasteiger partial charge is 0.281 e. The van der Waals surface area contributed by atoms with Crippen molar-refractivity contribution in [3.8, 4) is 11.5 Å². The molecule has 0 fully saturated rings. The van der Waals surface area contributed by atoms with E-state index < -0.39 is 11.5 Å². The number of ether oxygens (including phenoxy) is 2. The Morgan fingerprint density at radius 1 is 1.12 bits per heavy atom. The molecular formula is C26H27BrN2O4. The number of carbonyl (C=O) groups is 1. The molecule has 3 rings (SSSR count). The van der Waals surface area contributed by atoms with E-state index in [0.29, 0.717) is 32.7 Å². The Hall–Kier alpha value is -3.16. The Kier molecular flexibility index (Phi) is 8.25. The van der Waals surface area contributed by atoms with Crippen LogP contribution in [-0.4, -0.2) is 30.4 Å². The molecule has 0 heterocycles. The van der Waals surface area contributed by atoms with Crippen molar-refractivity contribution in [2.45, 2.75) is 32.0 Å². The minimum Gasteiger partial charge on any atom is -0.493 e. The number of hydrogen-bond donors (Lipinski definition) is 2. The van der Waals surface area contributed by atoms with Crippen molar-refractivity contribution in [2.24, 2.45) is 5.10 Å². The van der Waals surface area contributed by atoms with Crippen molar-refractivity contribution >= 4 is 28.1 Å². The molecule has 0 aliphatic heterocycles. The molecule has 0 saturated heterocycles. The van der Waals surface area contributed by atoms with Gasteiger partial charge in [-0.25, -0.2) is 5.43 Å². The van der Waals surface area contributed by atoms with Crippen molar-refractivity contribution in [1.82, 2.24) is 5.43 Å². The molecular weight excluding hydrogens is 484 g/mol. The number of hydrogen-bond acceptors (Lipinski definition) is 5. The summed E-state index contributed by atoms with van der Waals surface area (Å²) < 4.78 is 12.1. The van der Waals surface area contributed by atoms with Crippen molar-refractivity contribution in [1.29, 1.82) is 0 Å². The Morgan fingerprint density at radius 3 is 2.21 bits per heavy atom. The topological polar surface area (TPSA) is 80.2 Å². The van der Waals surface area contributed by atoms with Crippen molar-refractivity contribution in [2.75, 3.05) is 7.11 Å². The molecule has 0 aliphatic carbocycles. The first-order chi connectivity index (χ1) is 15.9. The minimum atomic E-state index is -1.90. The number of aliphatic hydroxyl groups is 1. The second-order valence-corrected chi connectivity index (χ2v) is 8.37. The SMILES string of the molecule is CC[C@H](C)Oc1c(Br)cc(/C=N\NC(=O)C(O)(c2ccccc2)c2ccccc2)cc1OC. The number of amides is 1. The molecule has 0 bridgehead atoms. The lowest BCUT2D eigenvalue weighted by Gasteiger charge is -2.27. The van der Waals surface area contributed by atoms with Crippen LogP contribution in [0.2, 0.25) is 0 Å². The normalized spacial score (nSPS) is 12.4. The van der Waals surface area contributed by atoms with Gasteiger partial charge in [-0.3, -0.25) is 4.79 Å². The first-order valence-electron chi connectivity index (χ1n) is 10.6. The van der Waals surface area contributed by atoms with Gasteiger partial charge in [0, 0.05) is 0 Å². The number of benzene rings is 3. The summed E-state index contributed by atoms with van der Waals surface area (Å²) in [4.78, 5) is 13.1. The summed E-state index contributed by atoms with van der Waals surface area (Å²) in [5, 5.41) is 15.5. The quantitative estimate of drug-likeness (QED) is 0.312. The van der Waals surface area contributed by atoms with Crippen LogP contribution in [0.25, 0.3) is 0 Å². The Bertz CT molecular complexity index is 1060. The maximum absolute atomic E-state index is 13.1. The van der Waals surface area contributed by atoms with E-state index in [9.17, 15) is 9.90 Å². The molecule has 7 heteroatoms. The van der Waals surface area contributed by atoms with Crippen LogP contribution >= 0.6 is 15.9 Å². The fourth-order valence-electron chi connectivity index (χ4n) is 3.25. The predicted molar refractivity (Wildman–Crippen MR) is 133 cm³/mol. The maximum atomic E-state index is 13.1. The average Bonchev–Trinajstić information content (AvgIpc) is 2.85. The van der Waals surface area contributed by atoms with Gasteiger partial charge in [0.05, 0.1) is 23.9 Å². The first kappa shape index (κ1) is 24.5. The minimum absolute atomic E-state index is 0.0302. The summed E-state index contributed by atoms with van der Waals surface area (Å²) >= 11 is 3.52. The molecule has 0 saturated carbocycles. The van der Waals surface area contributed by atoms with Crippen LogP contribution in [0.3, 0.4) is 0 Å². The van der Waals surface area contributed by atoms with Crippen LogP contribution in [0.4, 0.5) is 0 Å². The third kappa shape index (κ3) is 5.61. The zero-order valence-corrected chi connectivity index (χ0v) is 20.4. The third-order valence-corrected chi connectivity index (χ3v) is 5.83. The highest BCUT2D eigenvalue weighted by Crippen LogP contribution is 2.37. The Labute approximate surface area is 202 Å². The molecule has 2 N–H and O–H groups in total. The molecule has 6 nitrogen and oxygen atoms in total. The van der Waals surface area contributed by atoms with Gasteiger partial charge in [0.25, 0.3) is 5.91 Å². The number of carbonyl (C=O) groups excluding carboxylic acids is 1. The van der Waals surface area contributed by atoms with E-state index in [-0.39, 0.29) is 6.10 Å². The van der Waals surface area contributed by atoms with Gasteiger partial charge in [-0.2, -0.15) is 5.10 Å².